The van der Waals surface area contributed by atoms with E-state index in [-0.39, 0.29) is 24.2 Å². The van der Waals surface area contributed by atoms with E-state index in [0.717, 1.165) is 11.1 Å². The van der Waals surface area contributed by atoms with Crippen molar-refractivity contribution in [2.75, 3.05) is 6.54 Å². The summed E-state index contributed by atoms with van der Waals surface area (Å²) >= 11 is 3.32. The average Bonchev–Trinajstić information content (AvgIpc) is 2.71. The molecule has 0 fully saturated rings. The van der Waals surface area contributed by atoms with Crippen LogP contribution in [0.15, 0.2) is 82.7 Å². The molecule has 2 aromatic carbocycles. The number of aryl methyl sites for hydroxylation is 1. The Balaban J connectivity index is 1.90. The van der Waals surface area contributed by atoms with Crippen LogP contribution in [0.1, 0.15) is 27.0 Å². The fourth-order valence-corrected chi connectivity index (χ4v) is 3.66. The van der Waals surface area contributed by atoms with E-state index in [2.05, 4.69) is 22.5 Å². The number of rotatable bonds is 7. The van der Waals surface area contributed by atoms with Gasteiger partial charge >= 0.3 is 0 Å². The summed E-state index contributed by atoms with van der Waals surface area (Å²) in [6.45, 7) is 6.25. The van der Waals surface area contributed by atoms with Crippen molar-refractivity contribution >= 4 is 21.8 Å². The Hall–Kier alpha value is -2.99. The van der Waals surface area contributed by atoms with Crippen LogP contribution in [0.25, 0.3) is 0 Å². The molecule has 1 aromatic heterocycles. The number of amides is 1. The molecule has 4 nitrogen and oxygen atoms in total. The van der Waals surface area contributed by atoms with Crippen molar-refractivity contribution < 1.29 is 9.18 Å². The Morgan fingerprint density at radius 2 is 2.00 bits per heavy atom. The van der Waals surface area contributed by atoms with E-state index in [1.807, 2.05) is 31.2 Å². The SMILES string of the molecule is C=CCN(Cc1cc(Br)ccc1F)C(=O)c1cccn(Cc2cccc(C)c2)c1=O. The lowest BCUT2D eigenvalue weighted by Crippen LogP contribution is -2.36. The number of hydrogen-bond donors (Lipinski definition) is 0. The number of nitrogens with zero attached hydrogens (tertiary/aromatic N) is 2. The van der Waals surface area contributed by atoms with Crippen molar-refractivity contribution in [3.8, 4) is 0 Å². The Morgan fingerprint density at radius 3 is 2.73 bits per heavy atom. The zero-order valence-corrected chi connectivity index (χ0v) is 18.2. The fraction of sp³-hybridized carbons (Fsp3) is 0.167. The van der Waals surface area contributed by atoms with E-state index < -0.39 is 11.7 Å². The van der Waals surface area contributed by atoms with Crippen molar-refractivity contribution in [1.82, 2.24) is 9.47 Å². The average molecular weight is 469 g/mol. The molecule has 0 bridgehead atoms. The molecule has 1 amide bonds. The summed E-state index contributed by atoms with van der Waals surface area (Å²) in [5, 5.41) is 0. The summed E-state index contributed by atoms with van der Waals surface area (Å²) in [6.07, 6.45) is 3.22. The van der Waals surface area contributed by atoms with Crippen LogP contribution in [0.2, 0.25) is 0 Å². The lowest BCUT2D eigenvalue weighted by molar-refractivity contribution is 0.0759. The first-order valence-corrected chi connectivity index (χ1v) is 10.3. The summed E-state index contributed by atoms with van der Waals surface area (Å²) in [5.74, 6) is -0.872. The van der Waals surface area contributed by atoms with Crippen molar-refractivity contribution in [2.45, 2.75) is 20.0 Å². The molecule has 3 rings (SSSR count). The maximum absolute atomic E-state index is 14.2. The first-order valence-electron chi connectivity index (χ1n) is 9.48. The highest BCUT2D eigenvalue weighted by Gasteiger charge is 2.20. The summed E-state index contributed by atoms with van der Waals surface area (Å²) in [7, 11) is 0. The maximum Gasteiger partial charge on any atom is 0.263 e. The Morgan fingerprint density at radius 1 is 1.20 bits per heavy atom. The molecule has 0 radical (unpaired) electrons. The van der Waals surface area contributed by atoms with E-state index >= 15 is 0 Å². The quantitative estimate of drug-likeness (QED) is 0.461. The molecule has 0 N–H and O–H groups in total. The van der Waals surface area contributed by atoms with Crippen LogP contribution in [-0.4, -0.2) is 21.9 Å². The summed E-state index contributed by atoms with van der Waals surface area (Å²) in [6, 6.07) is 15.6. The maximum atomic E-state index is 14.2. The largest absolute Gasteiger partial charge is 0.330 e. The van der Waals surface area contributed by atoms with Crippen molar-refractivity contribution in [2.24, 2.45) is 0 Å². The van der Waals surface area contributed by atoms with Gasteiger partial charge in [-0.3, -0.25) is 9.59 Å². The predicted octanol–water partition coefficient (Wildman–Crippen LogP) is 4.94. The number of carbonyl (C=O) groups is 1. The molecule has 0 saturated heterocycles. The summed E-state index contributed by atoms with van der Waals surface area (Å²) < 4.78 is 16.4. The van der Waals surface area contributed by atoms with E-state index in [9.17, 15) is 14.0 Å². The van der Waals surface area contributed by atoms with E-state index in [1.165, 1.54) is 21.6 Å². The Kier molecular flexibility index (Phi) is 7.00. The van der Waals surface area contributed by atoms with Crippen LogP contribution in [0.5, 0.6) is 0 Å². The number of carbonyl (C=O) groups excluding carboxylic acids is 1. The second-order valence-corrected chi connectivity index (χ2v) is 7.97. The molecule has 154 valence electrons. The number of pyridine rings is 1. The van der Waals surface area contributed by atoms with Crippen LogP contribution in [-0.2, 0) is 13.1 Å². The molecule has 6 heteroatoms. The molecule has 0 saturated carbocycles. The van der Waals surface area contributed by atoms with Crippen LogP contribution in [0.3, 0.4) is 0 Å². The van der Waals surface area contributed by atoms with Crippen LogP contribution < -0.4 is 5.56 Å². The van der Waals surface area contributed by atoms with Gasteiger partial charge in [0.25, 0.3) is 11.5 Å². The molecule has 0 unspecified atom stereocenters. The first kappa shape index (κ1) is 21.7. The third-order valence-corrected chi connectivity index (χ3v) is 5.18. The molecule has 0 aliphatic heterocycles. The summed E-state index contributed by atoms with van der Waals surface area (Å²) in [4.78, 5) is 27.5. The van der Waals surface area contributed by atoms with Gasteiger partial charge in [-0.05, 0) is 42.8 Å². The molecule has 0 spiro atoms. The lowest BCUT2D eigenvalue weighted by Gasteiger charge is -2.22. The molecule has 0 atom stereocenters. The van der Waals surface area contributed by atoms with E-state index in [4.69, 9.17) is 0 Å². The summed E-state index contributed by atoms with van der Waals surface area (Å²) in [5.41, 5.74) is 2.09. The van der Waals surface area contributed by atoms with Gasteiger partial charge in [-0.1, -0.05) is 51.8 Å². The third-order valence-electron chi connectivity index (χ3n) is 4.69. The molecule has 0 aliphatic carbocycles. The minimum Gasteiger partial charge on any atom is -0.330 e. The van der Waals surface area contributed by atoms with Gasteiger partial charge in [-0.2, -0.15) is 0 Å². The standard InChI is InChI=1S/C24H22BrFN2O2/c1-3-11-27(16-19-14-20(25)9-10-22(19)26)23(29)21-8-5-12-28(24(21)30)15-18-7-4-6-17(2)13-18/h3-10,12-14H,1,11,15-16H2,2H3. The number of aromatic nitrogens is 1. The first-order chi connectivity index (χ1) is 14.4. The normalized spacial score (nSPS) is 10.6. The lowest BCUT2D eigenvalue weighted by atomic mass is 10.1. The van der Waals surface area contributed by atoms with E-state index in [0.29, 0.717) is 16.6 Å². The number of benzene rings is 2. The van der Waals surface area contributed by atoms with Gasteiger partial charge < -0.3 is 9.47 Å². The van der Waals surface area contributed by atoms with Crippen LogP contribution in [0, 0.1) is 12.7 Å². The highest BCUT2D eigenvalue weighted by molar-refractivity contribution is 9.10. The van der Waals surface area contributed by atoms with Gasteiger partial charge in [0.2, 0.25) is 0 Å². The molecule has 1 heterocycles. The minimum atomic E-state index is -0.460. The van der Waals surface area contributed by atoms with Crippen molar-refractivity contribution in [1.29, 1.82) is 0 Å². The fourth-order valence-electron chi connectivity index (χ4n) is 3.25. The van der Waals surface area contributed by atoms with Crippen LogP contribution in [0.4, 0.5) is 4.39 Å². The highest BCUT2D eigenvalue weighted by Crippen LogP contribution is 2.18. The predicted molar refractivity (Wildman–Crippen MR) is 120 cm³/mol. The van der Waals surface area contributed by atoms with Crippen LogP contribution >= 0.6 is 15.9 Å². The van der Waals surface area contributed by atoms with Crippen molar-refractivity contribution in [3.05, 3.63) is 116 Å². The van der Waals surface area contributed by atoms with Gasteiger partial charge in [0.05, 0.1) is 6.54 Å². The van der Waals surface area contributed by atoms with Gasteiger partial charge in [-0.15, -0.1) is 6.58 Å². The molecular weight excluding hydrogens is 447 g/mol. The second-order valence-electron chi connectivity index (χ2n) is 7.05. The van der Waals surface area contributed by atoms with Gasteiger partial charge in [0.1, 0.15) is 11.4 Å². The Bertz CT molecular complexity index is 1140. The second kappa shape index (κ2) is 9.67. The smallest absolute Gasteiger partial charge is 0.263 e. The zero-order chi connectivity index (χ0) is 21.7. The number of halogens is 2. The highest BCUT2D eigenvalue weighted by atomic mass is 79.9. The van der Waals surface area contributed by atoms with Crippen molar-refractivity contribution in [3.63, 3.8) is 0 Å². The topological polar surface area (TPSA) is 42.3 Å². The molecular formula is C24H22BrFN2O2. The minimum absolute atomic E-state index is 0.0301. The van der Waals surface area contributed by atoms with Gasteiger partial charge in [0.15, 0.2) is 0 Å². The van der Waals surface area contributed by atoms with Gasteiger partial charge in [0, 0.05) is 29.3 Å². The third kappa shape index (κ3) is 5.13. The molecule has 0 aliphatic rings. The zero-order valence-electron chi connectivity index (χ0n) is 16.6. The molecule has 30 heavy (non-hydrogen) atoms. The Labute approximate surface area is 183 Å². The monoisotopic (exact) mass is 468 g/mol. The molecule has 3 aromatic rings. The number of hydrogen-bond acceptors (Lipinski definition) is 2. The van der Waals surface area contributed by atoms with Gasteiger partial charge in [-0.25, -0.2) is 4.39 Å². The van der Waals surface area contributed by atoms with E-state index in [1.54, 1.807) is 30.5 Å².